The number of nitrogens with zero attached hydrogens (tertiary/aromatic N) is 1. The third-order valence-corrected chi connectivity index (χ3v) is 7.03. The lowest BCUT2D eigenvalue weighted by molar-refractivity contribution is -0.144. The monoisotopic (exact) mass is 289 g/mol. The van der Waals surface area contributed by atoms with Crippen LogP contribution in [0.2, 0.25) is 0 Å². The smallest absolute Gasteiger partial charge is 0.308 e. The van der Waals surface area contributed by atoms with E-state index < -0.39 is 28.0 Å². The normalized spacial score (nSPS) is 31.2. The summed E-state index contributed by atoms with van der Waals surface area (Å²) in [5.74, 6) is -1.44. The summed E-state index contributed by atoms with van der Waals surface area (Å²) in [5.41, 5.74) is 0. The highest BCUT2D eigenvalue weighted by Gasteiger charge is 2.42. The molecule has 1 heterocycles. The molecule has 0 unspecified atom stereocenters. The first-order valence-corrected chi connectivity index (χ1v) is 8.68. The van der Waals surface area contributed by atoms with Gasteiger partial charge >= 0.3 is 5.97 Å². The second kappa shape index (κ2) is 5.79. The maximum Gasteiger partial charge on any atom is 0.308 e. The van der Waals surface area contributed by atoms with Gasteiger partial charge in [-0.2, -0.15) is 4.31 Å². The van der Waals surface area contributed by atoms with Crippen molar-refractivity contribution in [2.45, 2.75) is 63.2 Å². The minimum Gasteiger partial charge on any atom is -0.481 e. The fourth-order valence-electron chi connectivity index (χ4n) is 3.36. The van der Waals surface area contributed by atoms with E-state index in [9.17, 15) is 18.3 Å². The van der Waals surface area contributed by atoms with Crippen LogP contribution in [-0.2, 0) is 14.8 Å². The number of rotatable bonds is 3. The lowest BCUT2D eigenvalue weighted by Crippen LogP contribution is -2.52. The number of piperidine rings is 1. The van der Waals surface area contributed by atoms with E-state index in [1.807, 2.05) is 0 Å². The molecule has 6 heteroatoms. The van der Waals surface area contributed by atoms with Gasteiger partial charge in [-0.05, 0) is 32.6 Å². The molecule has 0 spiro atoms. The van der Waals surface area contributed by atoms with Crippen molar-refractivity contribution in [1.82, 2.24) is 4.31 Å². The van der Waals surface area contributed by atoms with Crippen molar-refractivity contribution >= 4 is 16.0 Å². The maximum atomic E-state index is 12.7. The van der Waals surface area contributed by atoms with Crippen LogP contribution >= 0.6 is 0 Å². The predicted molar refractivity (Wildman–Crippen MR) is 72.3 cm³/mol. The van der Waals surface area contributed by atoms with Gasteiger partial charge in [0.1, 0.15) is 0 Å². The summed E-state index contributed by atoms with van der Waals surface area (Å²) in [6.45, 7) is 2.21. The highest BCUT2D eigenvalue weighted by atomic mass is 32.2. The largest absolute Gasteiger partial charge is 0.481 e. The van der Waals surface area contributed by atoms with Crippen molar-refractivity contribution in [2.24, 2.45) is 5.92 Å². The van der Waals surface area contributed by atoms with Crippen LogP contribution < -0.4 is 0 Å². The van der Waals surface area contributed by atoms with E-state index in [4.69, 9.17) is 0 Å². The van der Waals surface area contributed by atoms with Crippen LogP contribution in [0.5, 0.6) is 0 Å². The second-order valence-corrected chi connectivity index (χ2v) is 7.91. The van der Waals surface area contributed by atoms with Gasteiger partial charge in [-0.3, -0.25) is 4.79 Å². The van der Waals surface area contributed by atoms with E-state index in [0.717, 1.165) is 32.1 Å². The van der Waals surface area contributed by atoms with E-state index in [1.54, 1.807) is 6.92 Å². The van der Waals surface area contributed by atoms with E-state index in [1.165, 1.54) is 4.31 Å². The molecular formula is C13H23NO4S. The molecule has 1 saturated carbocycles. The summed E-state index contributed by atoms with van der Waals surface area (Å²) in [7, 11) is -3.33. The molecule has 0 radical (unpaired) electrons. The number of aliphatic carboxylic acids is 1. The fourth-order valence-corrected chi connectivity index (χ4v) is 5.66. The highest BCUT2D eigenvalue weighted by molar-refractivity contribution is 7.89. The molecular weight excluding hydrogens is 266 g/mol. The summed E-state index contributed by atoms with van der Waals surface area (Å²) in [6.07, 6.45) is 5.72. The summed E-state index contributed by atoms with van der Waals surface area (Å²) in [6, 6.07) is -0.418. The Kier molecular flexibility index (Phi) is 4.50. The first kappa shape index (κ1) is 14.8. The standard InChI is InChI=1S/C13H23NO4S/c1-10-12(13(15)16)8-5-9-14(10)19(17,18)11-6-3-2-4-7-11/h10-12H,2-9H2,1H3,(H,15,16)/t10-,12-/m1/s1. The van der Waals surface area contributed by atoms with Crippen LogP contribution in [0.1, 0.15) is 51.9 Å². The number of hydrogen-bond acceptors (Lipinski definition) is 3. The molecule has 19 heavy (non-hydrogen) atoms. The first-order valence-electron chi connectivity index (χ1n) is 7.18. The SMILES string of the molecule is C[C@@H]1[C@H](C(=O)O)CCCN1S(=O)(=O)C1CCCCC1. The molecule has 110 valence electrons. The molecule has 1 aliphatic carbocycles. The van der Waals surface area contributed by atoms with E-state index in [-0.39, 0.29) is 5.25 Å². The van der Waals surface area contributed by atoms with Crippen LogP contribution in [0.25, 0.3) is 0 Å². The average molecular weight is 289 g/mol. The van der Waals surface area contributed by atoms with E-state index in [0.29, 0.717) is 19.4 Å². The van der Waals surface area contributed by atoms with Gasteiger partial charge in [-0.15, -0.1) is 0 Å². The summed E-state index contributed by atoms with van der Waals surface area (Å²) in [4.78, 5) is 11.2. The molecule has 2 aliphatic rings. The van der Waals surface area contributed by atoms with Gasteiger partial charge in [0.25, 0.3) is 0 Å². The summed E-state index contributed by atoms with van der Waals surface area (Å²) >= 11 is 0. The first-order chi connectivity index (χ1) is 8.94. The van der Waals surface area contributed by atoms with Gasteiger partial charge in [-0.25, -0.2) is 8.42 Å². The van der Waals surface area contributed by atoms with Gasteiger partial charge in [0.15, 0.2) is 0 Å². The fraction of sp³-hybridized carbons (Fsp3) is 0.923. The minimum absolute atomic E-state index is 0.295. The van der Waals surface area contributed by atoms with Gasteiger partial charge in [0.2, 0.25) is 10.0 Å². The van der Waals surface area contributed by atoms with Crippen LogP contribution in [0.3, 0.4) is 0 Å². The van der Waals surface area contributed by atoms with Crippen LogP contribution in [-0.4, -0.2) is 41.6 Å². The van der Waals surface area contributed by atoms with Crippen LogP contribution in [0, 0.1) is 5.92 Å². The summed E-state index contributed by atoms with van der Waals surface area (Å²) in [5, 5.41) is 8.89. The Hall–Kier alpha value is -0.620. The minimum atomic E-state index is -3.33. The van der Waals surface area contributed by atoms with Gasteiger partial charge < -0.3 is 5.11 Å². The van der Waals surface area contributed by atoms with Gasteiger partial charge in [0, 0.05) is 12.6 Å². The Morgan fingerprint density at radius 3 is 2.32 bits per heavy atom. The molecule has 2 rings (SSSR count). The number of carboxylic acid groups (broad SMARTS) is 1. The zero-order chi connectivity index (χ0) is 14.0. The molecule has 1 aliphatic heterocycles. The Balaban J connectivity index is 2.16. The van der Waals surface area contributed by atoms with Crippen molar-refractivity contribution in [2.75, 3.05) is 6.54 Å². The Morgan fingerprint density at radius 2 is 1.74 bits per heavy atom. The zero-order valence-corrected chi connectivity index (χ0v) is 12.2. The third-order valence-electron chi connectivity index (χ3n) is 4.55. The van der Waals surface area contributed by atoms with E-state index >= 15 is 0 Å². The number of carbonyl (C=O) groups is 1. The summed E-state index contributed by atoms with van der Waals surface area (Å²) < 4.78 is 26.8. The third kappa shape index (κ3) is 2.94. The lowest BCUT2D eigenvalue weighted by atomic mass is 9.92. The Bertz CT molecular complexity index is 428. The molecule has 0 bridgehead atoms. The van der Waals surface area contributed by atoms with Crippen LogP contribution in [0.4, 0.5) is 0 Å². The van der Waals surface area contributed by atoms with Gasteiger partial charge in [0.05, 0.1) is 11.2 Å². The second-order valence-electron chi connectivity index (χ2n) is 5.74. The molecule has 0 amide bonds. The number of sulfonamides is 1. The van der Waals surface area contributed by atoms with Crippen molar-refractivity contribution < 1.29 is 18.3 Å². The molecule has 2 atom stereocenters. The molecule has 0 aromatic rings. The molecule has 0 aromatic heterocycles. The Morgan fingerprint density at radius 1 is 1.11 bits per heavy atom. The Labute approximate surface area is 115 Å². The molecule has 1 N–H and O–H groups in total. The van der Waals surface area contributed by atoms with Crippen molar-refractivity contribution in [1.29, 1.82) is 0 Å². The molecule has 2 fully saturated rings. The van der Waals surface area contributed by atoms with Crippen molar-refractivity contribution in [3.63, 3.8) is 0 Å². The number of carboxylic acids is 1. The number of hydrogen-bond donors (Lipinski definition) is 1. The zero-order valence-electron chi connectivity index (χ0n) is 11.4. The van der Waals surface area contributed by atoms with Crippen molar-refractivity contribution in [3.05, 3.63) is 0 Å². The maximum absolute atomic E-state index is 12.7. The predicted octanol–water partition coefficient (Wildman–Crippen LogP) is 1.83. The van der Waals surface area contributed by atoms with Gasteiger partial charge in [-0.1, -0.05) is 19.3 Å². The topological polar surface area (TPSA) is 74.7 Å². The van der Waals surface area contributed by atoms with Crippen molar-refractivity contribution in [3.8, 4) is 0 Å². The van der Waals surface area contributed by atoms with E-state index in [2.05, 4.69) is 0 Å². The molecule has 5 nitrogen and oxygen atoms in total. The highest BCUT2D eigenvalue weighted by Crippen LogP contribution is 2.32. The van der Waals surface area contributed by atoms with Crippen LogP contribution in [0.15, 0.2) is 0 Å². The molecule has 0 aromatic carbocycles. The lowest BCUT2D eigenvalue weighted by Gasteiger charge is -2.39. The quantitative estimate of drug-likeness (QED) is 0.860. The molecule has 1 saturated heterocycles. The average Bonchev–Trinajstić information content (AvgIpc) is 2.39.